The minimum Gasteiger partial charge on any atom is -0.368 e. The van der Waals surface area contributed by atoms with E-state index in [9.17, 15) is 4.79 Å². The van der Waals surface area contributed by atoms with Crippen molar-refractivity contribution in [2.75, 3.05) is 5.73 Å². The lowest BCUT2D eigenvalue weighted by atomic mass is 9.95. The number of rotatable bonds is 4. The fourth-order valence-electron chi connectivity index (χ4n) is 2.82. The topological polar surface area (TPSA) is 93.8 Å². The number of hydrogen-bond donors (Lipinski definition) is 2. The molecule has 1 fully saturated rings. The van der Waals surface area contributed by atoms with E-state index in [0.717, 1.165) is 35.7 Å². The van der Waals surface area contributed by atoms with Crippen molar-refractivity contribution in [3.63, 3.8) is 0 Å². The monoisotopic (exact) mass is 363 g/mol. The van der Waals surface area contributed by atoms with E-state index < -0.39 is 0 Å². The molecule has 2 aromatic heterocycles. The van der Waals surface area contributed by atoms with Crippen molar-refractivity contribution in [1.29, 1.82) is 0 Å². The lowest BCUT2D eigenvalue weighted by Gasteiger charge is -2.28. The van der Waals surface area contributed by atoms with Crippen molar-refractivity contribution in [2.45, 2.75) is 55.2 Å². The number of aryl methyl sites for hydroxylation is 2. The van der Waals surface area contributed by atoms with Gasteiger partial charge in [-0.15, -0.1) is 11.3 Å². The molecule has 0 aromatic carbocycles. The van der Waals surface area contributed by atoms with Gasteiger partial charge in [-0.25, -0.2) is 15.0 Å². The van der Waals surface area contributed by atoms with Crippen molar-refractivity contribution < 1.29 is 4.79 Å². The fourth-order valence-corrected chi connectivity index (χ4v) is 5.11. The van der Waals surface area contributed by atoms with Crippen LogP contribution in [0.1, 0.15) is 47.6 Å². The Bertz CT molecular complexity index is 705. The third-order valence-electron chi connectivity index (χ3n) is 3.98. The number of carbonyl (C=O) groups excluding carboxylic acids is 1. The first-order valence-corrected chi connectivity index (χ1v) is 9.76. The van der Waals surface area contributed by atoms with E-state index in [2.05, 4.69) is 25.6 Å². The van der Waals surface area contributed by atoms with Gasteiger partial charge in [-0.3, -0.25) is 4.79 Å². The van der Waals surface area contributed by atoms with Crippen LogP contribution in [0.2, 0.25) is 0 Å². The number of nitrogens with two attached hydrogens (primary N) is 1. The van der Waals surface area contributed by atoms with Gasteiger partial charge in [-0.2, -0.15) is 0 Å². The summed E-state index contributed by atoms with van der Waals surface area (Å²) >= 11 is 3.57. The molecule has 1 saturated carbocycles. The molecule has 0 atom stereocenters. The average Bonchev–Trinajstić information content (AvgIpc) is 2.93. The van der Waals surface area contributed by atoms with E-state index in [1.54, 1.807) is 24.3 Å². The molecule has 24 heavy (non-hydrogen) atoms. The normalized spacial score (nSPS) is 20.8. The summed E-state index contributed by atoms with van der Waals surface area (Å²) in [7, 11) is 0. The van der Waals surface area contributed by atoms with Crippen molar-refractivity contribution in [3.8, 4) is 0 Å². The van der Waals surface area contributed by atoms with Crippen LogP contribution in [-0.4, -0.2) is 32.2 Å². The van der Waals surface area contributed by atoms with E-state index in [4.69, 9.17) is 5.73 Å². The van der Waals surface area contributed by atoms with Crippen LogP contribution in [0.25, 0.3) is 0 Å². The van der Waals surface area contributed by atoms with Crippen LogP contribution in [0.5, 0.6) is 0 Å². The molecule has 2 heterocycles. The highest BCUT2D eigenvalue weighted by Gasteiger charge is 2.24. The maximum Gasteiger partial charge on any atom is 0.270 e. The second-order valence-electron chi connectivity index (χ2n) is 6.07. The number of thioether (sulfide) groups is 1. The molecule has 3 N–H and O–H groups in total. The molecule has 0 unspecified atom stereocenters. The van der Waals surface area contributed by atoms with Crippen LogP contribution in [0.4, 0.5) is 5.95 Å². The van der Waals surface area contributed by atoms with Crippen LogP contribution in [0.3, 0.4) is 0 Å². The highest BCUT2D eigenvalue weighted by molar-refractivity contribution is 8.01. The largest absolute Gasteiger partial charge is 0.368 e. The van der Waals surface area contributed by atoms with E-state index >= 15 is 0 Å². The zero-order chi connectivity index (χ0) is 17.1. The van der Waals surface area contributed by atoms with Gasteiger partial charge in [0, 0.05) is 28.1 Å². The fraction of sp³-hybridized carbons (Fsp3) is 0.500. The summed E-state index contributed by atoms with van der Waals surface area (Å²) in [6.45, 7) is 3.83. The van der Waals surface area contributed by atoms with Gasteiger partial charge in [0.1, 0.15) is 10.0 Å². The summed E-state index contributed by atoms with van der Waals surface area (Å²) in [4.78, 5) is 24.8. The first-order chi connectivity index (χ1) is 11.5. The van der Waals surface area contributed by atoms with Gasteiger partial charge in [-0.1, -0.05) is 11.8 Å². The molecule has 0 saturated heterocycles. The Kier molecular flexibility index (Phi) is 5.35. The number of nitrogens with one attached hydrogen (secondary N) is 1. The van der Waals surface area contributed by atoms with Crippen molar-refractivity contribution in [1.82, 2.24) is 20.3 Å². The molecule has 0 bridgehead atoms. The molecule has 8 heteroatoms. The number of thiazole rings is 1. The molecule has 0 spiro atoms. The number of nitrogens with zero attached hydrogens (tertiary/aromatic N) is 3. The van der Waals surface area contributed by atoms with E-state index in [-0.39, 0.29) is 17.9 Å². The predicted octanol–water partition coefficient (Wildman–Crippen LogP) is 2.97. The molecular weight excluding hydrogens is 342 g/mol. The zero-order valence-corrected chi connectivity index (χ0v) is 15.4. The molecule has 0 radical (unpaired) electrons. The lowest BCUT2D eigenvalue weighted by molar-refractivity contribution is 0.0923. The Morgan fingerprint density at radius 2 is 1.96 bits per heavy atom. The molecule has 2 aromatic rings. The number of amides is 1. The van der Waals surface area contributed by atoms with Crippen molar-refractivity contribution >= 4 is 35.0 Å². The van der Waals surface area contributed by atoms with Gasteiger partial charge in [-0.05, 0) is 45.6 Å². The van der Waals surface area contributed by atoms with Gasteiger partial charge in [0.05, 0.1) is 0 Å². The number of nitrogen functional groups attached to an aromatic ring is 1. The molecule has 1 aliphatic carbocycles. The highest BCUT2D eigenvalue weighted by Crippen LogP contribution is 2.35. The Morgan fingerprint density at radius 1 is 1.21 bits per heavy atom. The lowest BCUT2D eigenvalue weighted by Crippen LogP contribution is -2.38. The van der Waals surface area contributed by atoms with Gasteiger partial charge in [0.15, 0.2) is 0 Å². The van der Waals surface area contributed by atoms with Crippen molar-refractivity contribution in [3.05, 3.63) is 28.5 Å². The zero-order valence-electron chi connectivity index (χ0n) is 13.8. The van der Waals surface area contributed by atoms with E-state index in [1.807, 2.05) is 18.7 Å². The van der Waals surface area contributed by atoms with Gasteiger partial charge in [0.2, 0.25) is 5.95 Å². The number of carbonyl (C=O) groups is 1. The van der Waals surface area contributed by atoms with Crippen LogP contribution >= 0.6 is 23.1 Å². The number of aromatic nitrogens is 3. The molecule has 0 aliphatic heterocycles. The standard InChI is InChI=1S/C16H21N5OS2/c1-9-7-13(21-15(17)18-9)14(22)20-11-3-5-12(6-4-11)24-16-19-10(2)8-23-16/h7-8,11-12H,3-6H2,1-2H3,(H,20,22)(H2,17,18,21). The predicted molar refractivity (Wildman–Crippen MR) is 97.4 cm³/mol. The smallest absolute Gasteiger partial charge is 0.270 e. The SMILES string of the molecule is Cc1cc(C(=O)NC2CCC(Sc3nc(C)cs3)CC2)nc(N)n1. The van der Waals surface area contributed by atoms with E-state index in [1.165, 1.54) is 0 Å². The van der Waals surface area contributed by atoms with Gasteiger partial charge < -0.3 is 11.1 Å². The highest BCUT2D eigenvalue weighted by atomic mass is 32.2. The molecule has 1 amide bonds. The number of hydrogen-bond acceptors (Lipinski definition) is 7. The molecule has 3 rings (SSSR count). The number of anilines is 1. The molecule has 1 aliphatic rings. The Hall–Kier alpha value is -1.67. The maximum absolute atomic E-state index is 12.3. The first-order valence-electron chi connectivity index (χ1n) is 8.00. The van der Waals surface area contributed by atoms with Crippen LogP contribution < -0.4 is 11.1 Å². The maximum atomic E-state index is 12.3. The average molecular weight is 364 g/mol. The minimum atomic E-state index is -0.168. The Morgan fingerprint density at radius 3 is 2.58 bits per heavy atom. The summed E-state index contributed by atoms with van der Waals surface area (Å²) < 4.78 is 1.15. The summed E-state index contributed by atoms with van der Waals surface area (Å²) in [5.41, 5.74) is 7.74. The van der Waals surface area contributed by atoms with Crippen LogP contribution in [0, 0.1) is 13.8 Å². The summed E-state index contributed by atoms with van der Waals surface area (Å²) in [5.74, 6) is -0.0298. The second kappa shape index (κ2) is 7.48. The Balaban J connectivity index is 1.50. The second-order valence-corrected chi connectivity index (χ2v) is 8.48. The Labute approximate surface area is 149 Å². The third kappa shape index (κ3) is 4.45. The van der Waals surface area contributed by atoms with Crippen molar-refractivity contribution in [2.24, 2.45) is 0 Å². The third-order valence-corrected chi connectivity index (χ3v) is 6.41. The molecule has 128 valence electrons. The minimum absolute atomic E-state index is 0.138. The molecular formula is C16H21N5OS2. The van der Waals surface area contributed by atoms with Crippen LogP contribution in [-0.2, 0) is 0 Å². The quantitative estimate of drug-likeness (QED) is 0.867. The van der Waals surface area contributed by atoms with E-state index in [0.29, 0.717) is 16.6 Å². The summed E-state index contributed by atoms with van der Waals surface area (Å²) in [5, 5.41) is 5.74. The van der Waals surface area contributed by atoms with Gasteiger partial charge >= 0.3 is 0 Å². The van der Waals surface area contributed by atoms with Gasteiger partial charge in [0.25, 0.3) is 5.91 Å². The first kappa shape index (κ1) is 17.2. The summed E-state index contributed by atoms with van der Waals surface area (Å²) in [6, 6.07) is 1.86. The summed E-state index contributed by atoms with van der Waals surface area (Å²) in [6.07, 6.45) is 4.12. The molecule has 6 nitrogen and oxygen atoms in total. The van der Waals surface area contributed by atoms with Crippen LogP contribution in [0.15, 0.2) is 15.8 Å².